The van der Waals surface area contributed by atoms with Crippen molar-refractivity contribution < 1.29 is 19.8 Å². The van der Waals surface area contributed by atoms with Gasteiger partial charge in [0, 0.05) is 17.8 Å². The fraction of sp³-hybridized carbons (Fsp3) is 0.0909. The molecule has 4 aromatic rings. The molecular weight excluding hydrogens is 416 g/mol. The number of pyridine rings is 1. The third-order valence-corrected chi connectivity index (χ3v) is 5.98. The second kappa shape index (κ2) is 7.06. The summed E-state index contributed by atoms with van der Waals surface area (Å²) in [5.74, 6) is -1.85. The Morgan fingerprint density at radius 1 is 1.13 bits per heavy atom. The van der Waals surface area contributed by atoms with Crippen molar-refractivity contribution in [1.29, 1.82) is 0 Å². The molecular formula is C22H16N4O4S. The van der Waals surface area contributed by atoms with Crippen LogP contribution in [0.4, 0.5) is 5.13 Å². The van der Waals surface area contributed by atoms with Crippen molar-refractivity contribution >= 4 is 39.6 Å². The van der Waals surface area contributed by atoms with Crippen LogP contribution in [0, 0.1) is 6.92 Å². The van der Waals surface area contributed by atoms with Crippen molar-refractivity contribution in [3.8, 4) is 5.75 Å². The van der Waals surface area contributed by atoms with Crippen molar-refractivity contribution in [3.63, 3.8) is 0 Å². The maximum Gasteiger partial charge on any atom is 0.301 e. The summed E-state index contributed by atoms with van der Waals surface area (Å²) in [5.41, 5.74) is 1.97. The highest BCUT2D eigenvalue weighted by molar-refractivity contribution is 7.14. The third kappa shape index (κ3) is 2.89. The van der Waals surface area contributed by atoms with Gasteiger partial charge in [0.05, 0.1) is 17.3 Å². The zero-order chi connectivity index (χ0) is 21.7. The number of phenols is 1. The minimum absolute atomic E-state index is 0.0487. The van der Waals surface area contributed by atoms with Crippen LogP contribution >= 0.6 is 11.3 Å². The number of imidazole rings is 1. The molecule has 1 aromatic carbocycles. The molecule has 1 unspecified atom stereocenters. The summed E-state index contributed by atoms with van der Waals surface area (Å²) in [4.78, 5) is 36.1. The molecule has 3 aromatic heterocycles. The number of aromatic hydroxyl groups is 1. The maximum atomic E-state index is 13.1. The van der Waals surface area contributed by atoms with Gasteiger partial charge in [-0.05, 0) is 36.8 Å². The fourth-order valence-corrected chi connectivity index (χ4v) is 4.53. The molecule has 8 nitrogen and oxygen atoms in total. The molecule has 4 heterocycles. The van der Waals surface area contributed by atoms with Gasteiger partial charge in [-0.2, -0.15) is 0 Å². The zero-order valence-electron chi connectivity index (χ0n) is 16.3. The number of aromatic nitrogens is 3. The summed E-state index contributed by atoms with van der Waals surface area (Å²) in [6, 6.07) is 10.7. The first-order valence-electron chi connectivity index (χ1n) is 9.41. The Bertz CT molecular complexity index is 1360. The van der Waals surface area contributed by atoms with E-state index in [4.69, 9.17) is 0 Å². The number of aliphatic hydroxyl groups excluding tert-OH is 1. The minimum Gasteiger partial charge on any atom is -0.508 e. The van der Waals surface area contributed by atoms with Gasteiger partial charge in [-0.25, -0.2) is 9.97 Å². The van der Waals surface area contributed by atoms with Crippen molar-refractivity contribution in [2.45, 2.75) is 13.0 Å². The number of thiazole rings is 1. The number of hydrogen-bond acceptors (Lipinski definition) is 7. The van der Waals surface area contributed by atoms with E-state index in [1.807, 2.05) is 6.07 Å². The molecule has 1 atom stereocenters. The van der Waals surface area contributed by atoms with Crippen LogP contribution in [0.3, 0.4) is 0 Å². The van der Waals surface area contributed by atoms with Crippen molar-refractivity contribution in [2.24, 2.45) is 0 Å². The van der Waals surface area contributed by atoms with Gasteiger partial charge in [-0.15, -0.1) is 11.3 Å². The quantitative estimate of drug-likeness (QED) is 0.292. The summed E-state index contributed by atoms with van der Waals surface area (Å²) in [7, 11) is 0. The Morgan fingerprint density at radius 2 is 1.90 bits per heavy atom. The Labute approximate surface area is 180 Å². The van der Waals surface area contributed by atoms with E-state index in [1.165, 1.54) is 28.4 Å². The molecule has 2 N–H and O–H groups in total. The number of rotatable bonds is 3. The molecule has 5 rings (SSSR count). The molecule has 1 aliphatic heterocycles. The first kappa shape index (κ1) is 19.0. The predicted octanol–water partition coefficient (Wildman–Crippen LogP) is 3.43. The Balaban J connectivity index is 1.79. The number of carbonyl (C=O) groups is 2. The van der Waals surface area contributed by atoms with E-state index in [0.29, 0.717) is 27.7 Å². The predicted molar refractivity (Wildman–Crippen MR) is 115 cm³/mol. The third-order valence-electron chi connectivity index (χ3n) is 5.21. The summed E-state index contributed by atoms with van der Waals surface area (Å²) in [6.07, 6.45) is 3.28. The second-order valence-corrected chi connectivity index (χ2v) is 7.92. The number of hydrogen-bond donors (Lipinski definition) is 2. The van der Waals surface area contributed by atoms with E-state index in [1.54, 1.807) is 53.4 Å². The van der Waals surface area contributed by atoms with Gasteiger partial charge in [0.25, 0.3) is 5.78 Å². The number of ketones is 1. The number of nitrogens with zero attached hydrogens (tertiary/aromatic N) is 4. The van der Waals surface area contributed by atoms with E-state index in [9.17, 15) is 19.8 Å². The molecule has 0 aliphatic carbocycles. The van der Waals surface area contributed by atoms with Gasteiger partial charge >= 0.3 is 5.91 Å². The molecule has 1 saturated heterocycles. The topological polar surface area (TPSA) is 108 Å². The number of carbonyl (C=O) groups excluding carboxylic acids is 2. The molecule has 154 valence electrons. The van der Waals surface area contributed by atoms with Crippen molar-refractivity contribution in [2.75, 3.05) is 4.90 Å². The van der Waals surface area contributed by atoms with Crippen LogP contribution in [0.5, 0.6) is 5.75 Å². The largest absolute Gasteiger partial charge is 0.508 e. The standard InChI is InChI=1S/C22H16N4O4S/c1-12-17(25-10-3-2-4-15(25)24-12)19(28)16-18(13-5-7-14(27)8-6-13)26(21(30)20(16)29)22-23-9-11-31-22/h2-11,18,27-28H,1H3. The van der Waals surface area contributed by atoms with Gasteiger partial charge < -0.3 is 10.2 Å². The number of amides is 1. The van der Waals surface area contributed by atoms with Gasteiger partial charge in [0.1, 0.15) is 17.1 Å². The monoisotopic (exact) mass is 432 g/mol. The first-order valence-corrected chi connectivity index (χ1v) is 10.3. The molecule has 0 bridgehead atoms. The fourth-order valence-electron chi connectivity index (χ4n) is 3.86. The Hall–Kier alpha value is -3.98. The molecule has 31 heavy (non-hydrogen) atoms. The number of phenolic OH excluding ortho intramolecular Hbond substituents is 1. The highest BCUT2D eigenvalue weighted by Gasteiger charge is 2.48. The Morgan fingerprint density at radius 3 is 2.61 bits per heavy atom. The Kier molecular flexibility index (Phi) is 4.33. The first-order chi connectivity index (χ1) is 15.0. The van der Waals surface area contributed by atoms with Crippen molar-refractivity contribution in [3.05, 3.63) is 82.8 Å². The number of fused-ring (bicyclic) bond motifs is 1. The number of benzene rings is 1. The van der Waals surface area contributed by atoms with E-state index < -0.39 is 17.7 Å². The van der Waals surface area contributed by atoms with Gasteiger partial charge in [-0.3, -0.25) is 18.9 Å². The lowest BCUT2D eigenvalue weighted by atomic mass is 9.96. The van der Waals surface area contributed by atoms with E-state index >= 15 is 0 Å². The minimum atomic E-state index is -0.902. The van der Waals surface area contributed by atoms with Crippen LogP contribution in [-0.4, -0.2) is 36.3 Å². The molecule has 1 amide bonds. The molecule has 0 radical (unpaired) electrons. The summed E-state index contributed by atoms with van der Waals surface area (Å²) in [6.45, 7) is 1.73. The average molecular weight is 432 g/mol. The lowest BCUT2D eigenvalue weighted by molar-refractivity contribution is -0.132. The van der Waals surface area contributed by atoms with Gasteiger partial charge in [-0.1, -0.05) is 18.2 Å². The summed E-state index contributed by atoms with van der Waals surface area (Å²) < 4.78 is 1.68. The molecule has 0 spiro atoms. The number of aliphatic hydroxyl groups is 1. The molecule has 1 fully saturated rings. The van der Waals surface area contributed by atoms with Crippen LogP contribution < -0.4 is 4.90 Å². The highest BCUT2D eigenvalue weighted by atomic mass is 32.1. The lowest BCUT2D eigenvalue weighted by Gasteiger charge is -2.23. The number of anilines is 1. The SMILES string of the molecule is Cc1nc2ccccn2c1C(O)=C1C(=O)C(=O)N(c2nccs2)C1c1ccc(O)cc1. The van der Waals surface area contributed by atoms with E-state index in [2.05, 4.69) is 9.97 Å². The normalized spacial score (nSPS) is 18.2. The van der Waals surface area contributed by atoms with Gasteiger partial charge in [0.15, 0.2) is 10.9 Å². The van der Waals surface area contributed by atoms with Crippen LogP contribution in [0.1, 0.15) is 23.0 Å². The summed E-state index contributed by atoms with van der Waals surface area (Å²) >= 11 is 1.22. The lowest BCUT2D eigenvalue weighted by Crippen LogP contribution is -2.29. The smallest absolute Gasteiger partial charge is 0.301 e. The van der Waals surface area contributed by atoms with E-state index in [0.717, 1.165) is 0 Å². The molecule has 1 aliphatic rings. The highest BCUT2D eigenvalue weighted by Crippen LogP contribution is 2.43. The molecule has 9 heteroatoms. The van der Waals surface area contributed by atoms with Crippen LogP contribution in [0.15, 0.2) is 65.8 Å². The van der Waals surface area contributed by atoms with Crippen LogP contribution in [0.2, 0.25) is 0 Å². The van der Waals surface area contributed by atoms with Gasteiger partial charge in [0.2, 0.25) is 0 Å². The summed E-state index contributed by atoms with van der Waals surface area (Å²) in [5, 5.41) is 23.1. The second-order valence-electron chi connectivity index (χ2n) is 7.05. The zero-order valence-corrected chi connectivity index (χ0v) is 17.1. The molecule has 0 saturated carbocycles. The number of Topliss-reactive ketones (excluding diaryl/α,β-unsaturated/α-hetero) is 1. The maximum absolute atomic E-state index is 13.1. The van der Waals surface area contributed by atoms with Crippen molar-refractivity contribution in [1.82, 2.24) is 14.4 Å². The van der Waals surface area contributed by atoms with E-state index in [-0.39, 0.29) is 17.1 Å². The average Bonchev–Trinajstić information content (AvgIpc) is 3.45. The number of aryl methyl sites for hydroxylation is 1. The van der Waals surface area contributed by atoms with Crippen LogP contribution in [0.25, 0.3) is 11.4 Å². The van der Waals surface area contributed by atoms with Crippen LogP contribution in [-0.2, 0) is 9.59 Å².